The van der Waals surface area contributed by atoms with Crippen molar-refractivity contribution in [2.24, 2.45) is 0 Å². The maximum Gasteiger partial charge on any atom is 0.0770 e. The first kappa shape index (κ1) is 6.96. The van der Waals surface area contributed by atoms with Crippen molar-refractivity contribution in [2.75, 3.05) is 13.6 Å². The van der Waals surface area contributed by atoms with Crippen LogP contribution in [0.2, 0.25) is 0 Å². The summed E-state index contributed by atoms with van der Waals surface area (Å²) in [6.07, 6.45) is 3.19. The molecule has 0 saturated heterocycles. The predicted molar refractivity (Wildman–Crippen MR) is 42.2 cm³/mol. The molecule has 1 aliphatic rings. The normalized spacial score (nSPS) is 24.3. The van der Waals surface area contributed by atoms with Gasteiger partial charge in [-0.05, 0) is 25.4 Å². The van der Waals surface area contributed by atoms with Crippen LogP contribution in [0.5, 0.6) is 0 Å². The molecule has 0 fully saturated rings. The Hall–Kier alpha value is -0.150. The van der Waals surface area contributed by atoms with Gasteiger partial charge < -0.3 is 10.6 Å². The van der Waals surface area contributed by atoms with Gasteiger partial charge in [0.15, 0.2) is 0 Å². The van der Waals surface area contributed by atoms with Crippen molar-refractivity contribution in [1.29, 1.82) is 0 Å². The van der Waals surface area contributed by atoms with Crippen molar-refractivity contribution in [3.8, 4) is 0 Å². The number of hydrogen-bond donors (Lipinski definition) is 2. The summed E-state index contributed by atoms with van der Waals surface area (Å²) in [5, 5.41) is 9.05. The smallest absolute Gasteiger partial charge is 0.0770 e. The van der Waals surface area contributed by atoms with Crippen molar-refractivity contribution in [1.82, 2.24) is 10.6 Å². The summed E-state index contributed by atoms with van der Waals surface area (Å²) in [6.45, 7) is 1.09. The largest absolute Gasteiger partial charge is 0.378 e. The lowest BCUT2D eigenvalue weighted by atomic mass is 10.4. The van der Waals surface area contributed by atoms with E-state index in [2.05, 4.69) is 16.0 Å². The molecule has 0 aromatic rings. The molecule has 1 rings (SSSR count). The molecule has 1 atom stereocenters. The summed E-state index contributed by atoms with van der Waals surface area (Å²) >= 11 is 1.85. The van der Waals surface area contributed by atoms with E-state index in [9.17, 15) is 0 Å². The summed E-state index contributed by atoms with van der Waals surface area (Å²) in [4.78, 5) is 0. The molecule has 0 aliphatic carbocycles. The zero-order valence-corrected chi connectivity index (χ0v) is 6.37. The summed E-state index contributed by atoms with van der Waals surface area (Å²) in [6, 6.07) is 0. The fraction of sp³-hybridized carbons (Fsp3) is 0.667. The van der Waals surface area contributed by atoms with Gasteiger partial charge in [-0.2, -0.15) is 0 Å². The number of thioether (sulfide) groups is 1. The van der Waals surface area contributed by atoms with Gasteiger partial charge in [0.05, 0.1) is 5.37 Å². The van der Waals surface area contributed by atoms with Crippen LogP contribution in [0.25, 0.3) is 0 Å². The Morgan fingerprint density at radius 1 is 1.78 bits per heavy atom. The highest BCUT2D eigenvalue weighted by molar-refractivity contribution is 8.02. The molecule has 0 radical (unpaired) electrons. The third-order valence-electron chi connectivity index (χ3n) is 1.25. The quantitative estimate of drug-likeness (QED) is 0.610. The Morgan fingerprint density at radius 2 is 2.67 bits per heavy atom. The molecule has 2 nitrogen and oxygen atoms in total. The van der Waals surface area contributed by atoms with Crippen molar-refractivity contribution >= 4 is 11.8 Å². The standard InChI is InChI=1S/C6H12N2S/c1-7-3-2-6-8-4-5-9-6/h4-8H,2-3H2,1H3. The first-order valence-corrected chi connectivity index (χ1v) is 4.09. The lowest BCUT2D eigenvalue weighted by Gasteiger charge is -2.07. The first-order valence-electron chi connectivity index (χ1n) is 3.14. The lowest BCUT2D eigenvalue weighted by molar-refractivity contribution is 0.665. The van der Waals surface area contributed by atoms with Gasteiger partial charge in [-0.25, -0.2) is 0 Å². The average Bonchev–Trinajstić information content (AvgIpc) is 2.34. The molecule has 1 unspecified atom stereocenters. The molecule has 0 aromatic heterocycles. The number of rotatable bonds is 3. The SMILES string of the molecule is CNCCC1NC=CS1. The van der Waals surface area contributed by atoms with Crippen LogP contribution in [0.15, 0.2) is 11.6 Å². The van der Waals surface area contributed by atoms with Gasteiger partial charge in [0.1, 0.15) is 0 Å². The zero-order valence-electron chi connectivity index (χ0n) is 5.55. The van der Waals surface area contributed by atoms with Gasteiger partial charge in [0.25, 0.3) is 0 Å². The number of hydrogen-bond acceptors (Lipinski definition) is 3. The third kappa shape index (κ3) is 2.28. The number of nitrogens with one attached hydrogen (secondary N) is 2. The van der Waals surface area contributed by atoms with Gasteiger partial charge in [-0.15, -0.1) is 11.8 Å². The van der Waals surface area contributed by atoms with E-state index < -0.39 is 0 Å². The fourth-order valence-corrected chi connectivity index (χ4v) is 1.50. The molecule has 1 heterocycles. The fourth-order valence-electron chi connectivity index (χ4n) is 0.747. The topological polar surface area (TPSA) is 24.1 Å². The minimum Gasteiger partial charge on any atom is -0.378 e. The van der Waals surface area contributed by atoms with Crippen molar-refractivity contribution in [3.05, 3.63) is 11.6 Å². The molecule has 0 amide bonds. The summed E-state index contributed by atoms with van der Waals surface area (Å²) in [7, 11) is 1.98. The molecule has 0 saturated carbocycles. The summed E-state index contributed by atoms with van der Waals surface area (Å²) in [5.41, 5.74) is 0. The molecular weight excluding hydrogens is 132 g/mol. The van der Waals surface area contributed by atoms with E-state index in [1.54, 1.807) is 0 Å². The van der Waals surface area contributed by atoms with Crippen LogP contribution < -0.4 is 10.6 Å². The van der Waals surface area contributed by atoms with E-state index in [0.29, 0.717) is 5.37 Å². The van der Waals surface area contributed by atoms with Crippen LogP contribution >= 0.6 is 11.8 Å². The molecule has 9 heavy (non-hydrogen) atoms. The van der Waals surface area contributed by atoms with Crippen molar-refractivity contribution in [3.63, 3.8) is 0 Å². The Labute approximate surface area is 60.1 Å². The van der Waals surface area contributed by atoms with Crippen molar-refractivity contribution in [2.45, 2.75) is 11.8 Å². The Bertz CT molecular complexity index is 95.2. The van der Waals surface area contributed by atoms with Crippen LogP contribution in [-0.4, -0.2) is 19.0 Å². The molecular formula is C6H12N2S. The second-order valence-corrected chi connectivity index (χ2v) is 3.10. The minimum atomic E-state index is 0.609. The van der Waals surface area contributed by atoms with Crippen LogP contribution in [0.3, 0.4) is 0 Å². The van der Waals surface area contributed by atoms with E-state index in [1.807, 2.05) is 25.0 Å². The molecule has 52 valence electrons. The monoisotopic (exact) mass is 144 g/mol. The van der Waals surface area contributed by atoms with Gasteiger partial charge >= 0.3 is 0 Å². The van der Waals surface area contributed by atoms with E-state index in [0.717, 1.165) is 6.54 Å². The highest BCUT2D eigenvalue weighted by Gasteiger charge is 2.07. The average molecular weight is 144 g/mol. The highest BCUT2D eigenvalue weighted by atomic mass is 32.2. The van der Waals surface area contributed by atoms with Gasteiger partial charge in [-0.3, -0.25) is 0 Å². The zero-order chi connectivity index (χ0) is 6.53. The Kier molecular flexibility index (Phi) is 2.94. The van der Waals surface area contributed by atoms with Gasteiger partial charge in [0, 0.05) is 6.20 Å². The second-order valence-electron chi connectivity index (χ2n) is 1.99. The van der Waals surface area contributed by atoms with Crippen LogP contribution in [-0.2, 0) is 0 Å². The summed E-state index contributed by atoms with van der Waals surface area (Å²) < 4.78 is 0. The van der Waals surface area contributed by atoms with E-state index in [4.69, 9.17) is 0 Å². The van der Waals surface area contributed by atoms with Gasteiger partial charge in [-0.1, -0.05) is 0 Å². The molecule has 0 aromatic carbocycles. The second kappa shape index (κ2) is 3.80. The van der Waals surface area contributed by atoms with Crippen LogP contribution in [0.1, 0.15) is 6.42 Å². The molecule has 2 N–H and O–H groups in total. The van der Waals surface area contributed by atoms with E-state index in [1.165, 1.54) is 6.42 Å². The Morgan fingerprint density at radius 3 is 3.22 bits per heavy atom. The lowest BCUT2D eigenvalue weighted by Crippen LogP contribution is -2.21. The third-order valence-corrected chi connectivity index (χ3v) is 2.24. The molecule has 3 heteroatoms. The molecule has 1 aliphatic heterocycles. The predicted octanol–water partition coefficient (Wildman–Crippen LogP) is 0.730. The van der Waals surface area contributed by atoms with Crippen LogP contribution in [0, 0.1) is 0 Å². The van der Waals surface area contributed by atoms with Crippen molar-refractivity contribution < 1.29 is 0 Å². The Balaban J connectivity index is 2.01. The molecule has 0 bridgehead atoms. The minimum absolute atomic E-state index is 0.609. The maximum atomic E-state index is 3.23. The molecule has 0 spiro atoms. The highest BCUT2D eigenvalue weighted by Crippen LogP contribution is 2.17. The first-order chi connectivity index (χ1) is 4.43. The van der Waals surface area contributed by atoms with Gasteiger partial charge in [0.2, 0.25) is 0 Å². The van der Waals surface area contributed by atoms with E-state index in [-0.39, 0.29) is 0 Å². The maximum absolute atomic E-state index is 3.23. The van der Waals surface area contributed by atoms with E-state index >= 15 is 0 Å². The van der Waals surface area contributed by atoms with Crippen LogP contribution in [0.4, 0.5) is 0 Å². The summed E-state index contributed by atoms with van der Waals surface area (Å²) in [5.74, 6) is 0.